The van der Waals surface area contributed by atoms with Gasteiger partial charge in [0.05, 0.1) is 26.4 Å². The maximum Gasteiger partial charge on any atom is 0.337 e. The maximum atomic E-state index is 14.0. The van der Waals surface area contributed by atoms with Crippen molar-refractivity contribution in [3.8, 4) is 17.2 Å². The number of dihydropyridines is 1. The molecule has 0 amide bonds. The Morgan fingerprint density at radius 2 is 1.73 bits per heavy atom. The van der Waals surface area contributed by atoms with E-state index in [1.54, 1.807) is 14.2 Å². The highest BCUT2D eigenvalue weighted by Crippen LogP contribution is 2.47. The predicted molar refractivity (Wildman–Crippen MR) is 153 cm³/mol. The summed E-state index contributed by atoms with van der Waals surface area (Å²) in [7, 11) is 3.22. The van der Waals surface area contributed by atoms with E-state index in [0.29, 0.717) is 47.8 Å². The zero-order chi connectivity index (χ0) is 28.2. The molecule has 2 aromatic rings. The number of carbonyl (C=O) groups is 2. The minimum absolute atomic E-state index is 0.0239. The van der Waals surface area contributed by atoms with E-state index in [0.717, 1.165) is 48.2 Å². The highest BCUT2D eigenvalue weighted by molar-refractivity contribution is 6.04. The molecule has 7 nitrogen and oxygen atoms in total. The van der Waals surface area contributed by atoms with Crippen LogP contribution in [0.1, 0.15) is 81.8 Å². The van der Waals surface area contributed by atoms with Gasteiger partial charge in [-0.25, -0.2) is 4.79 Å². The van der Waals surface area contributed by atoms with Crippen molar-refractivity contribution in [2.45, 2.75) is 76.7 Å². The van der Waals surface area contributed by atoms with Gasteiger partial charge in [-0.2, -0.15) is 0 Å². The van der Waals surface area contributed by atoms with Gasteiger partial charge in [0.25, 0.3) is 0 Å². The van der Waals surface area contributed by atoms with Crippen LogP contribution < -0.4 is 19.5 Å². The number of carbonyl (C=O) groups excluding carboxylic acids is 2. The smallest absolute Gasteiger partial charge is 0.337 e. The Morgan fingerprint density at radius 3 is 2.45 bits per heavy atom. The lowest BCUT2D eigenvalue weighted by molar-refractivity contribution is -0.146. The fourth-order valence-electron chi connectivity index (χ4n) is 6.33. The molecule has 1 fully saturated rings. The van der Waals surface area contributed by atoms with Crippen LogP contribution in [0.2, 0.25) is 0 Å². The summed E-state index contributed by atoms with van der Waals surface area (Å²) in [5, 5.41) is 3.46. The van der Waals surface area contributed by atoms with Crippen molar-refractivity contribution in [1.29, 1.82) is 0 Å². The molecule has 1 aliphatic heterocycles. The molecule has 1 N–H and O–H groups in total. The Balaban J connectivity index is 1.53. The van der Waals surface area contributed by atoms with Crippen LogP contribution in [0.25, 0.3) is 0 Å². The lowest BCUT2D eigenvalue weighted by Gasteiger charge is -2.37. The molecule has 40 heavy (non-hydrogen) atoms. The quantitative estimate of drug-likeness (QED) is 0.388. The minimum Gasteiger partial charge on any atom is -0.494 e. The topological polar surface area (TPSA) is 83.1 Å². The van der Waals surface area contributed by atoms with E-state index in [1.165, 1.54) is 6.42 Å². The summed E-state index contributed by atoms with van der Waals surface area (Å²) in [6, 6.07) is 13.5. The van der Waals surface area contributed by atoms with Crippen molar-refractivity contribution in [3.63, 3.8) is 0 Å². The summed E-state index contributed by atoms with van der Waals surface area (Å²) < 4.78 is 22.8. The number of rotatable bonds is 8. The van der Waals surface area contributed by atoms with Gasteiger partial charge in [0.2, 0.25) is 0 Å². The number of nitrogens with one attached hydrogen (secondary N) is 1. The van der Waals surface area contributed by atoms with Gasteiger partial charge < -0.3 is 24.3 Å². The molecule has 0 spiro atoms. The van der Waals surface area contributed by atoms with Crippen molar-refractivity contribution in [2.24, 2.45) is 0 Å². The van der Waals surface area contributed by atoms with E-state index in [9.17, 15) is 9.59 Å². The third kappa shape index (κ3) is 5.60. The standard InChI is InChI=1S/C33H39NO6/c1-5-39-25-13-9-10-22(16-25)31-30(33(36)40-24-11-7-6-8-12-24)20(2)34-26-17-23(18-27(35)32(26)31)21-14-15-28(37-3)29(19-21)38-4/h9-10,13-16,19,23-24,31,34H,5-8,11-12,17-18H2,1-4H3/t23-,31-/m0/s1. The monoisotopic (exact) mass is 545 g/mol. The first kappa shape index (κ1) is 27.8. The second-order valence-electron chi connectivity index (χ2n) is 10.8. The molecule has 0 radical (unpaired) electrons. The van der Waals surface area contributed by atoms with Gasteiger partial charge in [0.15, 0.2) is 17.3 Å². The fraction of sp³-hybridized carbons (Fsp3) is 0.455. The molecule has 0 aromatic heterocycles. The summed E-state index contributed by atoms with van der Waals surface area (Å²) in [6.45, 7) is 4.37. The van der Waals surface area contributed by atoms with Gasteiger partial charge in [0, 0.05) is 29.3 Å². The van der Waals surface area contributed by atoms with Crippen molar-refractivity contribution < 1.29 is 28.5 Å². The molecule has 0 bridgehead atoms. The Labute approximate surface area is 236 Å². The molecule has 1 heterocycles. The Kier molecular flexibility index (Phi) is 8.48. The van der Waals surface area contributed by atoms with Crippen LogP contribution in [0.4, 0.5) is 0 Å². The molecule has 2 atom stereocenters. The van der Waals surface area contributed by atoms with Gasteiger partial charge in [-0.1, -0.05) is 24.6 Å². The zero-order valence-corrected chi connectivity index (χ0v) is 23.9. The van der Waals surface area contributed by atoms with Crippen LogP contribution in [0, 0.1) is 0 Å². The summed E-state index contributed by atoms with van der Waals surface area (Å²) in [6.07, 6.45) is 5.98. The molecule has 0 saturated heterocycles. The van der Waals surface area contributed by atoms with Crippen LogP contribution in [0.5, 0.6) is 17.2 Å². The summed E-state index contributed by atoms with van der Waals surface area (Å²) in [4.78, 5) is 27.7. The molecule has 2 aliphatic carbocycles. The van der Waals surface area contributed by atoms with Crippen LogP contribution in [-0.4, -0.2) is 38.7 Å². The molecule has 2 aromatic carbocycles. The zero-order valence-electron chi connectivity index (χ0n) is 23.9. The minimum atomic E-state index is -0.522. The molecule has 7 heteroatoms. The maximum absolute atomic E-state index is 14.0. The predicted octanol–water partition coefficient (Wildman–Crippen LogP) is 6.34. The summed E-state index contributed by atoms with van der Waals surface area (Å²) >= 11 is 0. The molecule has 3 aliphatic rings. The fourth-order valence-corrected chi connectivity index (χ4v) is 6.33. The summed E-state index contributed by atoms with van der Waals surface area (Å²) in [5.41, 5.74) is 4.61. The first-order valence-corrected chi connectivity index (χ1v) is 14.3. The molecule has 0 unspecified atom stereocenters. The number of hydrogen-bond acceptors (Lipinski definition) is 7. The van der Waals surface area contributed by atoms with Gasteiger partial charge in [-0.05, 0) is 87.3 Å². The molecular formula is C33H39NO6. The number of allylic oxidation sites excluding steroid dienone is 3. The first-order chi connectivity index (χ1) is 19.4. The molecule has 5 rings (SSSR count). The number of hydrogen-bond donors (Lipinski definition) is 1. The summed E-state index contributed by atoms with van der Waals surface area (Å²) in [5.74, 6) is 1.13. The van der Waals surface area contributed by atoms with Crippen LogP contribution in [0.15, 0.2) is 65.0 Å². The largest absolute Gasteiger partial charge is 0.494 e. The molecular weight excluding hydrogens is 506 g/mol. The lowest BCUT2D eigenvalue weighted by Crippen LogP contribution is -2.37. The lowest BCUT2D eigenvalue weighted by atomic mass is 9.71. The van der Waals surface area contributed by atoms with E-state index in [-0.39, 0.29) is 23.8 Å². The average Bonchev–Trinajstić information content (AvgIpc) is 2.96. The highest BCUT2D eigenvalue weighted by atomic mass is 16.5. The Morgan fingerprint density at radius 1 is 0.950 bits per heavy atom. The Bertz CT molecular complexity index is 1340. The van der Waals surface area contributed by atoms with Crippen LogP contribution in [0.3, 0.4) is 0 Å². The van der Waals surface area contributed by atoms with E-state index in [4.69, 9.17) is 18.9 Å². The van der Waals surface area contributed by atoms with E-state index < -0.39 is 5.92 Å². The van der Waals surface area contributed by atoms with Crippen LogP contribution >= 0.6 is 0 Å². The Hall–Kier alpha value is -3.74. The molecule has 212 valence electrons. The molecule has 1 saturated carbocycles. The van der Waals surface area contributed by atoms with E-state index in [1.807, 2.05) is 56.3 Å². The number of benzene rings is 2. The SMILES string of the molecule is CCOc1cccc([C@H]2C(C(=O)OC3CCCCC3)=C(C)NC3=C2C(=O)C[C@@H](c2ccc(OC)c(OC)c2)C3)c1. The van der Waals surface area contributed by atoms with Crippen molar-refractivity contribution in [1.82, 2.24) is 5.32 Å². The number of esters is 1. The van der Waals surface area contributed by atoms with Crippen molar-refractivity contribution in [3.05, 3.63) is 76.1 Å². The van der Waals surface area contributed by atoms with E-state index in [2.05, 4.69) is 5.32 Å². The third-order valence-electron chi connectivity index (χ3n) is 8.25. The van der Waals surface area contributed by atoms with Gasteiger partial charge >= 0.3 is 5.97 Å². The van der Waals surface area contributed by atoms with Gasteiger partial charge in [-0.3, -0.25) is 4.79 Å². The highest BCUT2D eigenvalue weighted by Gasteiger charge is 2.42. The van der Waals surface area contributed by atoms with Gasteiger partial charge in [-0.15, -0.1) is 0 Å². The van der Waals surface area contributed by atoms with Crippen molar-refractivity contribution >= 4 is 11.8 Å². The number of Topliss-reactive ketones (excluding diaryl/α,β-unsaturated/α-hetero) is 1. The second-order valence-corrected chi connectivity index (χ2v) is 10.8. The average molecular weight is 546 g/mol. The van der Waals surface area contributed by atoms with Crippen LogP contribution in [-0.2, 0) is 14.3 Å². The number of ketones is 1. The normalized spacial score (nSPS) is 21.4. The van der Waals surface area contributed by atoms with Gasteiger partial charge in [0.1, 0.15) is 11.9 Å². The van der Waals surface area contributed by atoms with Crippen molar-refractivity contribution in [2.75, 3.05) is 20.8 Å². The second kappa shape index (κ2) is 12.2. The first-order valence-electron chi connectivity index (χ1n) is 14.3. The third-order valence-corrected chi connectivity index (χ3v) is 8.25. The van der Waals surface area contributed by atoms with E-state index >= 15 is 0 Å². The number of methoxy groups -OCH3 is 2. The number of ether oxygens (including phenoxy) is 4.